The van der Waals surface area contributed by atoms with Gasteiger partial charge in [0.15, 0.2) is 0 Å². The van der Waals surface area contributed by atoms with Gasteiger partial charge in [-0.15, -0.1) is 10.2 Å². The molecule has 10 fully saturated rings. The summed E-state index contributed by atoms with van der Waals surface area (Å²) in [6.07, 6.45) is 30.4. The minimum atomic E-state index is -0.766. The molecule has 2 bridgehead atoms. The largest absolute Gasteiger partial charge is 0.351 e. The average molecular weight is 1730 g/mol. The lowest BCUT2D eigenvalue weighted by molar-refractivity contribution is -0.148. The summed E-state index contributed by atoms with van der Waals surface area (Å²) in [5.41, 5.74) is 3.53. The zero-order chi connectivity index (χ0) is 87.9. The van der Waals surface area contributed by atoms with Crippen molar-refractivity contribution in [2.45, 2.75) is 282 Å². The van der Waals surface area contributed by atoms with Crippen molar-refractivity contribution in [3.8, 4) is 0 Å². The summed E-state index contributed by atoms with van der Waals surface area (Å²) in [6, 6.07) is 25.4. The van der Waals surface area contributed by atoms with E-state index in [1.807, 2.05) is 112 Å². The molecule has 0 radical (unpaired) electrons. The number of rotatable bonds is 22. The first-order valence-electron chi connectivity index (χ1n) is 46.8. The summed E-state index contributed by atoms with van der Waals surface area (Å²) < 4.78 is 29.3. The van der Waals surface area contributed by atoms with E-state index in [-0.39, 0.29) is 99.8 Å². The standard InChI is InChI=1S/C34H51FN4O3.C33H41ClN6O2.C31H48FN5O3/c1-33(2,3)37-32(42)34(25-8-6-5-7-9-25)16-18-39(19-17-34)31(41)28(21-23-10-13-26(35)14-11-23)36-30(40)27-20-24-12-15-29(27)38(4)22-24;34-28-12-10-24(11-13-28)18-30(38-31(41)29-19-25-6-4-5-7-26(25)20-35-29)32(42)40-16-14-33(15-17-40,21-39-22-36-37-23-39)27-8-2-1-3-9-27;1-30(2,3)35-29(40)31(23-8-6-5-7-9-23)14-17-37(18-15-31)28(39)25(20-22-10-12-24(32)13-11-22)34-27(38)26-21-36(4)19-16-33-26/h10-11,13-14,24-25,27-29H,5-9,12,15-22H2,1-4H3,(H,36,40)(H,37,42);4-7,10-13,22-23,27,29-30,35H,1-3,8-9,14-21H2,(H,38,41);10-13,23,25-26,33H,5-9,14-21H2,1-4H3,(H,34,38)(H,35,40)/t24-,27?,28-,29+;29-,30-;25-,26+/m111/s1. The number of aromatic nitrogens is 3. The van der Waals surface area contributed by atoms with Gasteiger partial charge in [0.2, 0.25) is 47.3 Å². The smallest absolute Gasteiger partial charge is 0.245 e. The van der Waals surface area contributed by atoms with Crippen LogP contribution in [0.15, 0.2) is 110 Å². The van der Waals surface area contributed by atoms with Crippen LogP contribution in [0, 0.1) is 57.5 Å². The topological polar surface area (TPSA) is 268 Å². The van der Waals surface area contributed by atoms with Crippen LogP contribution < -0.4 is 37.2 Å². The summed E-state index contributed by atoms with van der Waals surface area (Å²) in [4.78, 5) is 120. The minimum Gasteiger partial charge on any atom is -0.351 e. The van der Waals surface area contributed by atoms with E-state index in [1.54, 1.807) is 24.3 Å². The fourth-order valence-electron chi connectivity index (χ4n) is 22.5. The molecule has 4 saturated carbocycles. The molecule has 16 rings (SSSR count). The first-order chi connectivity index (χ1) is 59.4. The van der Waals surface area contributed by atoms with Crippen LogP contribution in [0.1, 0.15) is 223 Å². The van der Waals surface area contributed by atoms with Crippen molar-refractivity contribution >= 4 is 58.9 Å². The zero-order valence-electron chi connectivity index (χ0n) is 75.0. The van der Waals surface area contributed by atoms with E-state index < -0.39 is 35.0 Å². The number of nitrogens with zero attached hydrogens (tertiary/aromatic N) is 8. The Morgan fingerprint density at radius 1 is 0.484 bits per heavy atom. The van der Waals surface area contributed by atoms with Crippen LogP contribution >= 0.6 is 11.6 Å². The highest BCUT2D eigenvalue weighted by Crippen LogP contribution is 2.50. The van der Waals surface area contributed by atoms with Gasteiger partial charge in [-0.1, -0.05) is 130 Å². The number of piperidine rings is 5. The third-order valence-electron chi connectivity index (χ3n) is 29.5. The maximum Gasteiger partial charge on any atom is 0.245 e. The molecule has 23 nitrogen and oxygen atoms in total. The quantitative estimate of drug-likeness (QED) is 0.0340. The molecule has 1 aromatic heterocycles. The fourth-order valence-corrected chi connectivity index (χ4v) is 22.6. The molecule has 6 saturated heterocycles. The summed E-state index contributed by atoms with van der Waals surface area (Å²) in [5.74, 6) is 0.664. The van der Waals surface area contributed by atoms with Crippen LogP contribution in [0.5, 0.6) is 0 Å². The third kappa shape index (κ3) is 24.1. The summed E-state index contributed by atoms with van der Waals surface area (Å²) >= 11 is 6.14. The van der Waals surface area contributed by atoms with Crippen LogP contribution in [-0.4, -0.2) is 213 Å². The molecule has 0 spiro atoms. The Morgan fingerprint density at radius 2 is 0.903 bits per heavy atom. The molecule has 7 N–H and O–H groups in total. The van der Waals surface area contributed by atoms with E-state index in [4.69, 9.17) is 11.6 Å². The van der Waals surface area contributed by atoms with Crippen molar-refractivity contribution in [1.29, 1.82) is 0 Å². The molecular formula is C98H140ClF2N15O8. The predicted molar refractivity (Wildman–Crippen MR) is 479 cm³/mol. The van der Waals surface area contributed by atoms with Gasteiger partial charge in [-0.3, -0.25) is 38.4 Å². The molecule has 676 valence electrons. The van der Waals surface area contributed by atoms with Crippen molar-refractivity contribution in [1.82, 2.24) is 76.5 Å². The van der Waals surface area contributed by atoms with Crippen molar-refractivity contribution in [2.75, 3.05) is 79.5 Å². The van der Waals surface area contributed by atoms with Crippen molar-refractivity contribution < 1.29 is 47.1 Å². The molecule has 7 aliphatic heterocycles. The first kappa shape index (κ1) is 93.4. The Bertz CT molecular complexity index is 4370. The van der Waals surface area contributed by atoms with E-state index in [9.17, 15) is 47.1 Å². The van der Waals surface area contributed by atoms with Gasteiger partial charge in [-0.05, 0) is 252 Å². The van der Waals surface area contributed by atoms with Crippen LogP contribution in [0.4, 0.5) is 8.78 Å². The molecule has 8 heterocycles. The van der Waals surface area contributed by atoms with Gasteiger partial charge in [0, 0.05) is 120 Å². The second-order valence-corrected chi connectivity index (χ2v) is 40.8. The first-order valence-corrected chi connectivity index (χ1v) is 47.2. The molecule has 1 unspecified atom stereocenters. The molecule has 4 aromatic carbocycles. The SMILES string of the molecule is CN1CCN[C@H](C(=O)N[C@H](Cc2ccc(F)cc2)C(=O)N2CCC(C(=O)NC(C)(C)C)(C3CCCCC3)CC2)C1.CN1C[C@@H]2CC[C@H]1C(C(=O)N[C@H](Cc1ccc(F)cc1)C(=O)N1CCC(C(=O)NC(C)(C)C)(C3CCCCC3)CC1)C2.O=C(N[C@H](Cc1ccc(Cl)cc1)C(=O)N1CCC(Cn2cnnc2)(C2CCCCC2)CC1)[C@H]1Cc2ccccc2CN1. The second kappa shape index (κ2) is 42.1. The lowest BCUT2D eigenvalue weighted by atomic mass is 9.63. The normalized spacial score (nSPS) is 24.0. The maximum atomic E-state index is 14.1. The van der Waals surface area contributed by atoms with Crippen molar-refractivity contribution in [3.63, 3.8) is 0 Å². The van der Waals surface area contributed by atoms with Crippen molar-refractivity contribution in [3.05, 3.63) is 154 Å². The van der Waals surface area contributed by atoms with E-state index in [0.717, 1.165) is 120 Å². The number of carbonyl (C=O) groups is 8. The highest BCUT2D eigenvalue weighted by atomic mass is 35.5. The predicted octanol–water partition coefficient (Wildman–Crippen LogP) is 12.1. The molecule has 5 aromatic rings. The third-order valence-corrected chi connectivity index (χ3v) is 29.7. The number of amides is 8. The molecule has 124 heavy (non-hydrogen) atoms. The highest BCUT2D eigenvalue weighted by molar-refractivity contribution is 6.30. The number of likely N-dealkylation sites (tertiary alicyclic amines) is 3. The van der Waals surface area contributed by atoms with E-state index >= 15 is 0 Å². The van der Waals surface area contributed by atoms with Crippen LogP contribution in [0.3, 0.4) is 0 Å². The van der Waals surface area contributed by atoms with Crippen LogP contribution in [-0.2, 0) is 77.1 Å². The number of piperazine rings is 1. The number of halogens is 3. The van der Waals surface area contributed by atoms with Crippen LogP contribution in [0.25, 0.3) is 0 Å². The van der Waals surface area contributed by atoms with E-state index in [0.29, 0.717) is 133 Å². The molecule has 8 amide bonds. The molecule has 11 aliphatic rings. The monoisotopic (exact) mass is 1730 g/mol. The Hall–Kier alpha value is -8.23. The Balaban J connectivity index is 0.000000160. The molecule has 8 atom stereocenters. The van der Waals surface area contributed by atoms with E-state index in [1.165, 1.54) is 80.3 Å². The number of carbonyl (C=O) groups excluding carboxylic acids is 8. The average Bonchev–Trinajstić information content (AvgIpc) is 1.54. The van der Waals surface area contributed by atoms with Gasteiger partial charge in [0.05, 0.1) is 28.8 Å². The molecule has 26 heteroatoms. The summed E-state index contributed by atoms with van der Waals surface area (Å²) in [7, 11) is 4.07. The minimum absolute atomic E-state index is 0.00366. The Morgan fingerprint density at radius 3 is 1.34 bits per heavy atom. The number of fused-ring (bicyclic) bond motifs is 4. The zero-order valence-corrected chi connectivity index (χ0v) is 75.8. The lowest BCUT2D eigenvalue weighted by Crippen LogP contribution is -2.61. The highest BCUT2D eigenvalue weighted by Gasteiger charge is 2.53. The number of hydrogen-bond donors (Lipinski definition) is 7. The van der Waals surface area contributed by atoms with Gasteiger partial charge in [0.25, 0.3) is 0 Å². The number of benzene rings is 4. The second-order valence-electron chi connectivity index (χ2n) is 40.3. The lowest BCUT2D eigenvalue weighted by Gasteiger charge is -2.48. The summed E-state index contributed by atoms with van der Waals surface area (Å²) in [6.45, 7) is 20.2. The van der Waals surface area contributed by atoms with Gasteiger partial charge < -0.3 is 66.3 Å². The number of nitrogens with one attached hydrogen (secondary N) is 7. The maximum absolute atomic E-state index is 14.1. The van der Waals surface area contributed by atoms with Gasteiger partial charge in [-0.2, -0.15) is 0 Å². The number of hydrogen-bond acceptors (Lipinski definition) is 14. The molecular weight excluding hydrogens is 1590 g/mol. The summed E-state index contributed by atoms with van der Waals surface area (Å²) in [5, 5.41) is 31.2. The molecule has 4 aliphatic carbocycles. The fraction of sp³-hybridized carbons (Fsp3) is 0.653. The Labute approximate surface area is 739 Å². The van der Waals surface area contributed by atoms with Gasteiger partial charge in [-0.25, -0.2) is 8.78 Å². The van der Waals surface area contributed by atoms with Crippen LogP contribution in [0.2, 0.25) is 5.02 Å². The number of likely N-dealkylation sites (N-methyl/N-ethyl adjacent to an activating group) is 1. The van der Waals surface area contributed by atoms with Crippen molar-refractivity contribution in [2.24, 2.45) is 45.8 Å². The van der Waals surface area contributed by atoms with E-state index in [2.05, 4.69) is 81.0 Å². The van der Waals surface area contributed by atoms with Gasteiger partial charge in [0.1, 0.15) is 42.4 Å². The van der Waals surface area contributed by atoms with Gasteiger partial charge >= 0.3 is 0 Å². The Kier molecular flexibility index (Phi) is 31.7.